The fourth-order valence-corrected chi connectivity index (χ4v) is 4.18. The lowest BCUT2D eigenvalue weighted by molar-refractivity contribution is -0.0524. The molecule has 0 aliphatic heterocycles. The van der Waals surface area contributed by atoms with Crippen molar-refractivity contribution in [3.63, 3.8) is 0 Å². The summed E-state index contributed by atoms with van der Waals surface area (Å²) in [4.78, 5) is 4.64. The average molecular weight is 452 g/mol. The molecule has 0 amide bonds. The number of ether oxygens (including phenoxy) is 2. The quantitative estimate of drug-likeness (QED) is 0.365. The maximum absolute atomic E-state index is 11.3. The first-order valence-corrected chi connectivity index (χ1v) is 12.6. The molecule has 3 rings (SSSR count). The van der Waals surface area contributed by atoms with Crippen LogP contribution in [0.1, 0.15) is 56.0 Å². The Kier molecular flexibility index (Phi) is 8.66. The van der Waals surface area contributed by atoms with Crippen molar-refractivity contribution in [2.45, 2.75) is 71.7 Å². The molecule has 7 nitrogen and oxygen atoms in total. The smallest absolute Gasteiger partial charge is 0.267 e. The van der Waals surface area contributed by atoms with E-state index in [1.54, 1.807) is 6.92 Å². The Morgan fingerprint density at radius 2 is 1.90 bits per heavy atom. The van der Waals surface area contributed by atoms with E-state index in [0.717, 1.165) is 48.3 Å². The largest absolute Gasteiger partial charge is 0.441 e. The van der Waals surface area contributed by atoms with Crippen molar-refractivity contribution in [1.82, 2.24) is 4.98 Å². The Bertz CT molecular complexity index is 939. The molecule has 0 N–H and O–H groups in total. The zero-order chi connectivity index (χ0) is 22.3. The van der Waals surface area contributed by atoms with Crippen molar-refractivity contribution in [3.8, 4) is 11.5 Å². The van der Waals surface area contributed by atoms with Crippen molar-refractivity contribution in [1.29, 1.82) is 0 Å². The summed E-state index contributed by atoms with van der Waals surface area (Å²) in [6.07, 6.45) is 4.67. The van der Waals surface area contributed by atoms with Crippen LogP contribution in [0.3, 0.4) is 0 Å². The topological polar surface area (TPSA) is 87.9 Å². The van der Waals surface area contributed by atoms with Crippen LogP contribution >= 0.6 is 0 Å². The molecule has 0 spiro atoms. The number of hydrogen-bond donors (Lipinski definition) is 0. The lowest BCUT2D eigenvalue weighted by Crippen LogP contribution is -2.28. The average Bonchev–Trinajstić information content (AvgIpc) is 3.13. The van der Waals surface area contributed by atoms with E-state index in [1.807, 2.05) is 32.0 Å². The van der Waals surface area contributed by atoms with Gasteiger partial charge in [0.2, 0.25) is 5.89 Å². The summed E-state index contributed by atoms with van der Waals surface area (Å²) in [5.74, 6) is 1.39. The van der Waals surface area contributed by atoms with Gasteiger partial charge in [-0.25, -0.2) is 4.98 Å². The van der Waals surface area contributed by atoms with E-state index in [0.29, 0.717) is 25.5 Å². The van der Waals surface area contributed by atoms with Crippen LogP contribution in [0.5, 0.6) is 0 Å². The molecule has 172 valence electrons. The molecule has 0 saturated heterocycles. The molecule has 2 atom stereocenters. The number of hydrogen-bond acceptors (Lipinski definition) is 7. The van der Waals surface area contributed by atoms with Crippen LogP contribution < -0.4 is 0 Å². The first kappa shape index (κ1) is 23.9. The van der Waals surface area contributed by atoms with Crippen LogP contribution in [0.15, 0.2) is 28.7 Å². The maximum Gasteiger partial charge on any atom is 0.267 e. The van der Waals surface area contributed by atoms with Crippen LogP contribution in [0.25, 0.3) is 11.5 Å². The third-order valence-electron chi connectivity index (χ3n) is 5.45. The van der Waals surface area contributed by atoms with Crippen LogP contribution in [0, 0.1) is 13.8 Å². The van der Waals surface area contributed by atoms with E-state index in [-0.39, 0.29) is 24.6 Å². The molecule has 1 aliphatic carbocycles. The molecule has 2 aromatic rings. The van der Waals surface area contributed by atoms with Gasteiger partial charge in [0, 0.05) is 12.2 Å². The molecule has 1 saturated carbocycles. The monoisotopic (exact) mass is 451 g/mol. The standard InChI is InChI=1S/C23H33NO6S/c1-4-31(25,26)29-13-7-12-27-20-10-6-11-21(15-20)28-16-22-18(3)30-23(24-22)19-9-5-8-17(2)14-19/h5,8-9,14,20-21H,4,6-7,10-13,15-16H2,1-3H3. The van der Waals surface area contributed by atoms with Crippen molar-refractivity contribution in [2.75, 3.05) is 19.0 Å². The van der Waals surface area contributed by atoms with Crippen molar-refractivity contribution < 1.29 is 26.5 Å². The Morgan fingerprint density at radius 1 is 1.13 bits per heavy atom. The van der Waals surface area contributed by atoms with Gasteiger partial charge in [-0.3, -0.25) is 4.18 Å². The fraction of sp³-hybridized carbons (Fsp3) is 0.609. The van der Waals surface area contributed by atoms with E-state index in [1.165, 1.54) is 0 Å². The van der Waals surface area contributed by atoms with E-state index >= 15 is 0 Å². The molecule has 8 heteroatoms. The summed E-state index contributed by atoms with van der Waals surface area (Å²) in [5.41, 5.74) is 2.96. The number of aryl methyl sites for hydroxylation is 2. The second kappa shape index (κ2) is 11.2. The number of nitrogens with zero attached hydrogens (tertiary/aromatic N) is 1. The van der Waals surface area contributed by atoms with Gasteiger partial charge < -0.3 is 13.9 Å². The van der Waals surface area contributed by atoms with E-state index in [4.69, 9.17) is 18.1 Å². The molecule has 1 aliphatic rings. The molecule has 2 unspecified atom stereocenters. The summed E-state index contributed by atoms with van der Waals surface area (Å²) >= 11 is 0. The Hall–Kier alpha value is -1.74. The van der Waals surface area contributed by atoms with Gasteiger partial charge in [-0.15, -0.1) is 0 Å². The Labute approximate surface area is 185 Å². The van der Waals surface area contributed by atoms with Crippen LogP contribution in [-0.2, 0) is 30.4 Å². The van der Waals surface area contributed by atoms with Crippen molar-refractivity contribution >= 4 is 10.1 Å². The van der Waals surface area contributed by atoms with Gasteiger partial charge in [0.1, 0.15) is 11.5 Å². The molecular weight excluding hydrogens is 418 g/mol. The molecule has 1 fully saturated rings. The molecule has 31 heavy (non-hydrogen) atoms. The van der Waals surface area contributed by atoms with E-state index in [2.05, 4.69) is 11.1 Å². The van der Waals surface area contributed by atoms with Gasteiger partial charge in [-0.1, -0.05) is 17.7 Å². The molecule has 1 aromatic heterocycles. The minimum atomic E-state index is -3.38. The van der Waals surface area contributed by atoms with Crippen molar-refractivity contribution in [2.24, 2.45) is 0 Å². The third kappa shape index (κ3) is 7.42. The molecule has 1 aromatic carbocycles. The predicted molar refractivity (Wildman–Crippen MR) is 118 cm³/mol. The van der Waals surface area contributed by atoms with Crippen LogP contribution in [-0.4, -0.2) is 44.6 Å². The summed E-state index contributed by atoms with van der Waals surface area (Å²) in [5, 5.41) is 0. The number of benzene rings is 1. The number of rotatable bonds is 11. The summed E-state index contributed by atoms with van der Waals surface area (Å²) in [7, 11) is -3.38. The Balaban J connectivity index is 1.43. The second-order valence-corrected chi connectivity index (χ2v) is 9.93. The van der Waals surface area contributed by atoms with Gasteiger partial charge in [-0.2, -0.15) is 8.42 Å². The molecule has 0 radical (unpaired) electrons. The van der Waals surface area contributed by atoms with E-state index in [9.17, 15) is 8.42 Å². The normalized spacial score (nSPS) is 19.6. The molecular formula is C23H33NO6S. The van der Waals surface area contributed by atoms with Gasteiger partial charge in [-0.05, 0) is 65.0 Å². The van der Waals surface area contributed by atoms with Gasteiger partial charge in [0.25, 0.3) is 10.1 Å². The first-order valence-electron chi connectivity index (χ1n) is 11.0. The van der Waals surface area contributed by atoms with E-state index < -0.39 is 10.1 Å². The first-order chi connectivity index (χ1) is 14.9. The number of aromatic nitrogens is 1. The highest BCUT2D eigenvalue weighted by Gasteiger charge is 2.24. The lowest BCUT2D eigenvalue weighted by Gasteiger charge is -2.29. The molecule has 0 bridgehead atoms. The minimum Gasteiger partial charge on any atom is -0.441 e. The summed E-state index contributed by atoms with van der Waals surface area (Å²) in [6, 6.07) is 8.10. The SMILES string of the molecule is CCS(=O)(=O)OCCCOC1CCCC(OCc2nc(-c3cccc(C)c3)oc2C)C1. The molecule has 1 heterocycles. The number of oxazole rings is 1. The summed E-state index contributed by atoms with van der Waals surface area (Å²) < 4.78 is 45.4. The zero-order valence-corrected chi connectivity index (χ0v) is 19.4. The maximum atomic E-state index is 11.3. The lowest BCUT2D eigenvalue weighted by atomic mass is 9.95. The van der Waals surface area contributed by atoms with Crippen LogP contribution in [0.4, 0.5) is 0 Å². The van der Waals surface area contributed by atoms with Crippen molar-refractivity contribution in [3.05, 3.63) is 41.3 Å². The third-order valence-corrected chi connectivity index (χ3v) is 6.68. The van der Waals surface area contributed by atoms with Gasteiger partial charge in [0.15, 0.2) is 0 Å². The van der Waals surface area contributed by atoms with Gasteiger partial charge >= 0.3 is 0 Å². The highest BCUT2D eigenvalue weighted by atomic mass is 32.2. The fourth-order valence-electron chi connectivity index (χ4n) is 3.64. The highest BCUT2D eigenvalue weighted by Crippen LogP contribution is 2.27. The van der Waals surface area contributed by atoms with Crippen LogP contribution in [0.2, 0.25) is 0 Å². The predicted octanol–water partition coefficient (Wildman–Crippen LogP) is 4.56. The summed E-state index contributed by atoms with van der Waals surface area (Å²) in [6.45, 7) is 6.60. The highest BCUT2D eigenvalue weighted by molar-refractivity contribution is 7.86. The second-order valence-electron chi connectivity index (χ2n) is 8.01. The zero-order valence-electron chi connectivity index (χ0n) is 18.6. The minimum absolute atomic E-state index is 0.00697. The van der Waals surface area contributed by atoms with Gasteiger partial charge in [0.05, 0.1) is 31.2 Å². The Morgan fingerprint density at radius 3 is 2.65 bits per heavy atom.